The predicted molar refractivity (Wildman–Crippen MR) is 125 cm³/mol. The van der Waals surface area contributed by atoms with Gasteiger partial charge in [0.2, 0.25) is 0 Å². The monoisotopic (exact) mass is 485 g/mol. The zero-order valence-electron chi connectivity index (χ0n) is 17.1. The van der Waals surface area contributed by atoms with Crippen LogP contribution in [0.1, 0.15) is 57.9 Å². The normalized spacial score (nSPS) is 18.8. The van der Waals surface area contributed by atoms with Crippen molar-refractivity contribution in [2.24, 2.45) is 16.3 Å². The van der Waals surface area contributed by atoms with Crippen LogP contribution in [-0.2, 0) is 6.54 Å². The van der Waals surface area contributed by atoms with Gasteiger partial charge in [0.15, 0.2) is 5.96 Å². The Balaban J connectivity index is 0.00000261. The van der Waals surface area contributed by atoms with Crippen LogP contribution in [-0.4, -0.2) is 37.6 Å². The van der Waals surface area contributed by atoms with Gasteiger partial charge < -0.3 is 15.5 Å². The van der Waals surface area contributed by atoms with Gasteiger partial charge >= 0.3 is 0 Å². The van der Waals surface area contributed by atoms with Crippen LogP contribution >= 0.6 is 24.0 Å². The van der Waals surface area contributed by atoms with Crippen molar-refractivity contribution in [1.29, 1.82) is 0 Å². The highest BCUT2D eigenvalue weighted by molar-refractivity contribution is 14.0. The highest BCUT2D eigenvalue weighted by Gasteiger charge is 2.37. The molecule has 27 heavy (non-hydrogen) atoms. The molecular weight excluding hydrogens is 449 g/mol. The summed E-state index contributed by atoms with van der Waals surface area (Å²) in [5.74, 6) is 2.75. The van der Waals surface area contributed by atoms with Gasteiger partial charge in [0.25, 0.3) is 0 Å². The number of rotatable bonds is 7. The molecule has 2 N–H and O–H groups in total. The maximum atomic E-state index is 4.63. The molecule has 152 valence electrons. The lowest BCUT2D eigenvalue weighted by molar-refractivity contribution is 0.104. The fraction of sp³-hybridized carbons (Fsp3) is 0.714. The molecule has 6 heteroatoms. The Morgan fingerprint density at radius 1 is 1.19 bits per heavy atom. The summed E-state index contributed by atoms with van der Waals surface area (Å²) in [4.78, 5) is 11.4. The van der Waals surface area contributed by atoms with Crippen LogP contribution in [0.15, 0.2) is 23.3 Å². The van der Waals surface area contributed by atoms with E-state index in [1.54, 1.807) is 0 Å². The van der Waals surface area contributed by atoms with Gasteiger partial charge in [-0.2, -0.15) is 0 Å². The molecule has 1 aliphatic carbocycles. The quantitative estimate of drug-likeness (QED) is 0.346. The number of pyridine rings is 1. The second kappa shape index (κ2) is 10.5. The predicted octanol–water partition coefficient (Wildman–Crippen LogP) is 4.18. The molecule has 3 rings (SSSR count). The largest absolute Gasteiger partial charge is 0.357 e. The van der Waals surface area contributed by atoms with Crippen molar-refractivity contribution < 1.29 is 0 Å². The van der Waals surface area contributed by atoms with Crippen LogP contribution in [0.25, 0.3) is 0 Å². The average molecular weight is 485 g/mol. The van der Waals surface area contributed by atoms with E-state index in [-0.39, 0.29) is 24.0 Å². The van der Waals surface area contributed by atoms with Crippen LogP contribution in [0, 0.1) is 11.3 Å². The maximum absolute atomic E-state index is 4.63. The number of aliphatic imine (C=N–C) groups is 1. The number of aromatic nitrogens is 1. The molecule has 2 fully saturated rings. The number of hydrogen-bond acceptors (Lipinski definition) is 3. The van der Waals surface area contributed by atoms with Crippen molar-refractivity contribution in [2.45, 2.75) is 58.9 Å². The van der Waals surface area contributed by atoms with Gasteiger partial charge in [0, 0.05) is 39.4 Å². The summed E-state index contributed by atoms with van der Waals surface area (Å²) in [6.45, 7) is 8.71. The van der Waals surface area contributed by atoms with Crippen molar-refractivity contribution in [2.75, 3.05) is 31.6 Å². The van der Waals surface area contributed by atoms with E-state index in [4.69, 9.17) is 0 Å². The van der Waals surface area contributed by atoms with E-state index in [1.165, 1.54) is 44.1 Å². The minimum atomic E-state index is 0. The van der Waals surface area contributed by atoms with Crippen LogP contribution in [0.3, 0.4) is 0 Å². The van der Waals surface area contributed by atoms with E-state index >= 15 is 0 Å². The standard InChI is InChI=1S/C21H35N5.HI/c1-17(2)13-21(9-6-10-21)16-25-20(22-3)24-15-18-7-8-19(23-14-18)26-11-4-5-12-26;/h7-8,14,17H,4-6,9-13,15-16H2,1-3H3,(H2,22,24,25);1H. The molecule has 1 saturated heterocycles. The Bertz CT molecular complexity index is 589. The first-order valence-corrected chi connectivity index (χ1v) is 10.2. The van der Waals surface area contributed by atoms with Crippen molar-refractivity contribution in [3.63, 3.8) is 0 Å². The lowest BCUT2D eigenvalue weighted by Gasteiger charge is -2.43. The molecule has 2 aliphatic rings. The Kier molecular flexibility index (Phi) is 8.63. The van der Waals surface area contributed by atoms with Crippen LogP contribution in [0.2, 0.25) is 0 Å². The van der Waals surface area contributed by atoms with Gasteiger partial charge in [-0.3, -0.25) is 4.99 Å². The Morgan fingerprint density at radius 3 is 2.44 bits per heavy atom. The first-order chi connectivity index (χ1) is 12.6. The Labute approximate surface area is 181 Å². The number of nitrogens with zero attached hydrogens (tertiary/aromatic N) is 3. The summed E-state index contributed by atoms with van der Waals surface area (Å²) in [6, 6.07) is 4.32. The molecule has 0 unspecified atom stereocenters. The molecule has 0 spiro atoms. The lowest BCUT2D eigenvalue weighted by atomic mass is 9.64. The molecule has 0 aromatic carbocycles. The molecule has 0 amide bonds. The number of anilines is 1. The maximum Gasteiger partial charge on any atom is 0.191 e. The summed E-state index contributed by atoms with van der Waals surface area (Å²) >= 11 is 0. The van der Waals surface area contributed by atoms with Gasteiger partial charge in [-0.15, -0.1) is 24.0 Å². The third-order valence-electron chi connectivity index (χ3n) is 5.81. The molecule has 0 atom stereocenters. The summed E-state index contributed by atoms with van der Waals surface area (Å²) in [5, 5.41) is 6.99. The molecular formula is C21H36IN5. The van der Waals surface area contributed by atoms with E-state index < -0.39 is 0 Å². The highest BCUT2D eigenvalue weighted by atomic mass is 127. The molecule has 5 nitrogen and oxygen atoms in total. The van der Waals surface area contributed by atoms with Crippen molar-refractivity contribution in [3.05, 3.63) is 23.9 Å². The van der Waals surface area contributed by atoms with Crippen molar-refractivity contribution >= 4 is 35.8 Å². The summed E-state index contributed by atoms with van der Waals surface area (Å²) < 4.78 is 0. The SMILES string of the molecule is CN=C(NCc1ccc(N2CCCC2)nc1)NCC1(CC(C)C)CCC1.I. The van der Waals surface area contributed by atoms with Crippen molar-refractivity contribution in [3.8, 4) is 0 Å². The molecule has 0 bridgehead atoms. The van der Waals surface area contributed by atoms with Crippen molar-refractivity contribution in [1.82, 2.24) is 15.6 Å². The molecule has 1 aliphatic heterocycles. The zero-order chi connectivity index (χ0) is 18.4. The van der Waals surface area contributed by atoms with E-state index in [2.05, 4.69) is 51.5 Å². The van der Waals surface area contributed by atoms with E-state index in [1.807, 2.05) is 13.2 Å². The lowest BCUT2D eigenvalue weighted by Crippen LogP contribution is -2.46. The van der Waals surface area contributed by atoms with E-state index in [0.29, 0.717) is 5.41 Å². The summed E-state index contributed by atoms with van der Waals surface area (Å²) in [5.41, 5.74) is 1.67. The highest BCUT2D eigenvalue weighted by Crippen LogP contribution is 2.45. The first kappa shape index (κ1) is 22.2. The molecule has 1 saturated carbocycles. The van der Waals surface area contributed by atoms with Gasteiger partial charge in [0.05, 0.1) is 0 Å². The van der Waals surface area contributed by atoms with Crippen LogP contribution in [0.4, 0.5) is 5.82 Å². The first-order valence-electron chi connectivity index (χ1n) is 10.2. The minimum absolute atomic E-state index is 0. The van der Waals surface area contributed by atoms with Gasteiger partial charge in [-0.05, 0) is 55.1 Å². The van der Waals surface area contributed by atoms with Crippen LogP contribution in [0.5, 0.6) is 0 Å². The number of halogens is 1. The molecule has 1 aromatic rings. The Morgan fingerprint density at radius 2 is 1.93 bits per heavy atom. The van der Waals surface area contributed by atoms with E-state index in [9.17, 15) is 0 Å². The van der Waals surface area contributed by atoms with E-state index in [0.717, 1.165) is 43.9 Å². The topological polar surface area (TPSA) is 52.6 Å². The van der Waals surface area contributed by atoms with Gasteiger partial charge in [-0.1, -0.05) is 26.3 Å². The fourth-order valence-electron chi connectivity index (χ4n) is 4.33. The second-order valence-corrected chi connectivity index (χ2v) is 8.45. The van der Waals surface area contributed by atoms with Gasteiger partial charge in [0.1, 0.15) is 5.82 Å². The second-order valence-electron chi connectivity index (χ2n) is 8.45. The summed E-state index contributed by atoms with van der Waals surface area (Å²) in [7, 11) is 1.85. The average Bonchev–Trinajstić information content (AvgIpc) is 3.14. The third kappa shape index (κ3) is 6.22. The fourth-order valence-corrected chi connectivity index (χ4v) is 4.33. The number of hydrogen-bond donors (Lipinski definition) is 2. The number of nitrogens with one attached hydrogen (secondary N) is 2. The third-order valence-corrected chi connectivity index (χ3v) is 5.81. The molecule has 0 radical (unpaired) electrons. The Hall–Kier alpha value is -1.05. The molecule has 2 heterocycles. The van der Waals surface area contributed by atoms with Crippen LogP contribution < -0.4 is 15.5 Å². The smallest absolute Gasteiger partial charge is 0.191 e. The number of guanidine groups is 1. The minimum Gasteiger partial charge on any atom is -0.357 e. The zero-order valence-corrected chi connectivity index (χ0v) is 19.5. The summed E-state index contributed by atoms with van der Waals surface area (Å²) in [6.07, 6.45) is 9.92. The van der Waals surface area contributed by atoms with Gasteiger partial charge in [-0.25, -0.2) is 4.98 Å². The molecule has 1 aromatic heterocycles.